The van der Waals surface area contributed by atoms with E-state index in [2.05, 4.69) is 10.1 Å². The van der Waals surface area contributed by atoms with E-state index < -0.39 is 12.3 Å². The molecule has 3 amide bonds. The van der Waals surface area contributed by atoms with Crippen LogP contribution in [-0.2, 0) is 14.3 Å². The van der Waals surface area contributed by atoms with Crippen molar-refractivity contribution in [2.75, 3.05) is 7.11 Å². The van der Waals surface area contributed by atoms with Gasteiger partial charge in [-0.2, -0.15) is 0 Å². The van der Waals surface area contributed by atoms with Crippen molar-refractivity contribution in [2.45, 2.75) is 19.5 Å². The van der Waals surface area contributed by atoms with Gasteiger partial charge in [0.25, 0.3) is 0 Å². The minimum absolute atomic E-state index is 0.171. The average molecular weight is 264 g/mol. The van der Waals surface area contributed by atoms with Crippen LogP contribution in [0.15, 0.2) is 12.2 Å². The van der Waals surface area contributed by atoms with Gasteiger partial charge in [0.05, 0.1) is 18.9 Å². The third kappa shape index (κ3) is 1.59. The molecule has 2 fully saturated rings. The van der Waals surface area contributed by atoms with E-state index in [1.54, 1.807) is 6.92 Å². The molecule has 5 atom stereocenters. The molecule has 3 aliphatic rings. The van der Waals surface area contributed by atoms with Crippen molar-refractivity contribution in [3.63, 3.8) is 0 Å². The number of likely N-dealkylation sites (tertiary alicyclic amines) is 1. The van der Waals surface area contributed by atoms with E-state index in [-0.39, 0.29) is 35.5 Å². The van der Waals surface area contributed by atoms with Crippen molar-refractivity contribution in [3.8, 4) is 0 Å². The van der Waals surface area contributed by atoms with Crippen molar-refractivity contribution in [1.29, 1.82) is 0 Å². The van der Waals surface area contributed by atoms with Crippen LogP contribution in [0.3, 0.4) is 0 Å². The number of carbonyl (C=O) groups excluding carboxylic acids is 3. The molecule has 1 heterocycles. The molecule has 0 radical (unpaired) electrons. The summed E-state index contributed by atoms with van der Waals surface area (Å²) in [5.41, 5.74) is 0. The zero-order valence-corrected chi connectivity index (χ0v) is 10.8. The van der Waals surface area contributed by atoms with E-state index in [0.717, 1.165) is 6.42 Å². The molecule has 1 saturated carbocycles. The zero-order valence-electron chi connectivity index (χ0n) is 10.8. The van der Waals surface area contributed by atoms with Gasteiger partial charge in [0.15, 0.2) is 0 Å². The Morgan fingerprint density at radius 1 is 1.32 bits per heavy atom. The summed E-state index contributed by atoms with van der Waals surface area (Å²) in [5.74, 6) is -0.441. The SMILES string of the molecule is COC(=O)N[C@H](C)N1C(=O)[C@H]2[C@H](C1=O)[C@H]1C=C[C@H]2C1. The third-order valence-corrected chi connectivity index (χ3v) is 4.40. The van der Waals surface area contributed by atoms with Crippen molar-refractivity contribution in [1.82, 2.24) is 10.2 Å². The molecule has 0 unspecified atom stereocenters. The first-order valence-electron chi connectivity index (χ1n) is 6.44. The Morgan fingerprint density at radius 3 is 2.32 bits per heavy atom. The normalized spacial score (nSPS) is 36.6. The number of amides is 3. The predicted molar refractivity (Wildman–Crippen MR) is 64.6 cm³/mol. The van der Waals surface area contributed by atoms with Crippen LogP contribution in [0.25, 0.3) is 0 Å². The summed E-state index contributed by atoms with van der Waals surface area (Å²) < 4.78 is 4.49. The van der Waals surface area contributed by atoms with Crippen molar-refractivity contribution < 1.29 is 19.1 Å². The second-order valence-electron chi connectivity index (χ2n) is 5.36. The number of ether oxygens (including phenoxy) is 1. The highest BCUT2D eigenvalue weighted by Crippen LogP contribution is 2.52. The maximum Gasteiger partial charge on any atom is 0.408 e. The molecule has 0 aromatic heterocycles. The molecule has 1 N–H and O–H groups in total. The van der Waals surface area contributed by atoms with Gasteiger partial charge >= 0.3 is 6.09 Å². The number of fused-ring (bicyclic) bond motifs is 5. The van der Waals surface area contributed by atoms with Crippen LogP contribution in [0, 0.1) is 23.7 Å². The number of allylic oxidation sites excluding steroid dienone is 2. The molecule has 1 saturated heterocycles. The van der Waals surface area contributed by atoms with Gasteiger partial charge in [-0.1, -0.05) is 12.2 Å². The molecular formula is C13H16N2O4. The summed E-state index contributed by atoms with van der Waals surface area (Å²) >= 11 is 0. The number of alkyl carbamates (subject to hydrolysis) is 1. The summed E-state index contributed by atoms with van der Waals surface area (Å²) in [6, 6.07) is 0. The highest BCUT2D eigenvalue weighted by molar-refractivity contribution is 6.06. The Bertz CT molecular complexity index is 457. The highest BCUT2D eigenvalue weighted by atomic mass is 16.5. The monoisotopic (exact) mass is 264 g/mol. The van der Waals surface area contributed by atoms with Gasteiger partial charge < -0.3 is 10.1 Å². The lowest BCUT2D eigenvalue weighted by Gasteiger charge is -2.24. The van der Waals surface area contributed by atoms with Crippen LogP contribution >= 0.6 is 0 Å². The van der Waals surface area contributed by atoms with E-state index in [1.807, 2.05) is 12.2 Å². The van der Waals surface area contributed by atoms with Gasteiger partial charge in [-0.15, -0.1) is 0 Å². The van der Waals surface area contributed by atoms with E-state index in [4.69, 9.17) is 0 Å². The van der Waals surface area contributed by atoms with Crippen molar-refractivity contribution in [3.05, 3.63) is 12.2 Å². The molecule has 0 aromatic rings. The van der Waals surface area contributed by atoms with Gasteiger partial charge in [0.1, 0.15) is 6.17 Å². The van der Waals surface area contributed by atoms with E-state index in [9.17, 15) is 14.4 Å². The van der Waals surface area contributed by atoms with E-state index in [0.29, 0.717) is 0 Å². The van der Waals surface area contributed by atoms with E-state index in [1.165, 1.54) is 12.0 Å². The number of hydrogen-bond donors (Lipinski definition) is 1. The summed E-state index contributed by atoms with van der Waals surface area (Å²) in [6.07, 6.45) is 3.67. The zero-order chi connectivity index (χ0) is 13.7. The molecule has 102 valence electrons. The molecule has 6 heteroatoms. The van der Waals surface area contributed by atoms with Gasteiger partial charge in [-0.25, -0.2) is 4.79 Å². The lowest BCUT2D eigenvalue weighted by Crippen LogP contribution is -2.50. The average Bonchev–Trinajstić information content (AvgIpc) is 3.03. The lowest BCUT2D eigenvalue weighted by atomic mass is 9.85. The number of rotatable bonds is 2. The fraction of sp³-hybridized carbons (Fsp3) is 0.615. The van der Waals surface area contributed by atoms with Crippen LogP contribution in [0.2, 0.25) is 0 Å². The third-order valence-electron chi connectivity index (χ3n) is 4.40. The van der Waals surface area contributed by atoms with Gasteiger partial charge in [0, 0.05) is 0 Å². The molecule has 1 aliphatic heterocycles. The maximum absolute atomic E-state index is 12.4. The first-order chi connectivity index (χ1) is 9.04. The molecule has 2 aliphatic carbocycles. The molecule has 0 aromatic carbocycles. The molecular weight excluding hydrogens is 248 g/mol. The fourth-order valence-electron chi connectivity index (χ4n) is 3.60. The predicted octanol–water partition coefficient (Wildman–Crippen LogP) is 0.495. The first-order valence-corrected chi connectivity index (χ1v) is 6.44. The number of carbonyl (C=O) groups is 3. The van der Waals surface area contributed by atoms with Crippen LogP contribution < -0.4 is 5.32 Å². The molecule has 0 spiro atoms. The highest BCUT2D eigenvalue weighted by Gasteiger charge is 2.60. The number of nitrogens with one attached hydrogen (secondary N) is 1. The quantitative estimate of drug-likeness (QED) is 0.582. The maximum atomic E-state index is 12.4. The largest absolute Gasteiger partial charge is 0.453 e. The van der Waals surface area contributed by atoms with Crippen LogP contribution in [0.1, 0.15) is 13.3 Å². The second kappa shape index (κ2) is 4.08. The van der Waals surface area contributed by atoms with Gasteiger partial charge in [0.2, 0.25) is 11.8 Å². The minimum atomic E-state index is -0.669. The van der Waals surface area contributed by atoms with Gasteiger partial charge in [-0.3, -0.25) is 14.5 Å². The summed E-state index contributed by atoms with van der Waals surface area (Å²) in [4.78, 5) is 37.1. The Hall–Kier alpha value is -1.85. The molecule has 19 heavy (non-hydrogen) atoms. The Morgan fingerprint density at radius 2 is 1.84 bits per heavy atom. The van der Waals surface area contributed by atoms with E-state index >= 15 is 0 Å². The summed E-state index contributed by atoms with van der Waals surface area (Å²) in [5, 5.41) is 2.47. The van der Waals surface area contributed by atoms with Crippen LogP contribution in [0.5, 0.6) is 0 Å². The molecule has 2 bridgehead atoms. The molecule has 6 nitrogen and oxygen atoms in total. The van der Waals surface area contributed by atoms with Crippen LogP contribution in [0.4, 0.5) is 4.79 Å². The fourth-order valence-corrected chi connectivity index (χ4v) is 3.60. The minimum Gasteiger partial charge on any atom is -0.453 e. The van der Waals surface area contributed by atoms with Crippen molar-refractivity contribution >= 4 is 17.9 Å². The topological polar surface area (TPSA) is 75.7 Å². The number of nitrogens with zero attached hydrogens (tertiary/aromatic N) is 1. The summed E-state index contributed by atoms with van der Waals surface area (Å²) in [6.45, 7) is 1.61. The Kier molecular flexibility index (Phi) is 2.62. The van der Waals surface area contributed by atoms with Gasteiger partial charge in [-0.05, 0) is 25.2 Å². The summed E-state index contributed by atoms with van der Waals surface area (Å²) in [7, 11) is 1.24. The van der Waals surface area contributed by atoms with Crippen LogP contribution in [-0.4, -0.2) is 36.1 Å². The lowest BCUT2D eigenvalue weighted by molar-refractivity contribution is -0.143. The smallest absolute Gasteiger partial charge is 0.408 e. The number of imide groups is 1. The Balaban J connectivity index is 1.80. The number of methoxy groups -OCH3 is 1. The standard InChI is InChI=1S/C13H16N2O4/c1-6(14-13(18)19-2)15-11(16)9-7-3-4-8(5-7)10(9)12(15)17/h3-4,6-10H,5H2,1-2H3,(H,14,18)/t6-,7-,8-,9+,10+/m0/s1. The number of hydrogen-bond acceptors (Lipinski definition) is 4. The molecule has 3 rings (SSSR count). The van der Waals surface area contributed by atoms with Crippen molar-refractivity contribution in [2.24, 2.45) is 23.7 Å². The second-order valence-corrected chi connectivity index (χ2v) is 5.36. The Labute approximate surface area is 110 Å². The first kappa shape index (κ1) is 12.2.